The van der Waals surface area contributed by atoms with Gasteiger partial charge in [0.25, 0.3) is 0 Å². The highest BCUT2D eigenvalue weighted by molar-refractivity contribution is 7.17. The molecule has 1 aliphatic carbocycles. The van der Waals surface area contributed by atoms with E-state index in [1.165, 1.54) is 37.0 Å². The highest BCUT2D eigenvalue weighted by Crippen LogP contribution is 2.30. The highest BCUT2D eigenvalue weighted by Gasteiger charge is 2.23. The lowest BCUT2D eigenvalue weighted by atomic mass is 10.2. The minimum Gasteiger partial charge on any atom is -0.345 e. The molecule has 3 nitrogen and oxygen atoms in total. The van der Waals surface area contributed by atoms with Gasteiger partial charge >= 0.3 is 0 Å². The summed E-state index contributed by atoms with van der Waals surface area (Å²) in [6.07, 6.45) is 7.74. The first kappa shape index (κ1) is 10.6. The standard InChI is InChI=1S/C11H16N2OS/c1-2-13(9-5-3-4-6-9)11-12-7-10(8-14)15-11/h7-9H,2-6H2,1H3. The summed E-state index contributed by atoms with van der Waals surface area (Å²) in [6.45, 7) is 3.14. The van der Waals surface area contributed by atoms with Crippen LogP contribution in [0.3, 0.4) is 0 Å². The third kappa shape index (κ3) is 2.20. The fourth-order valence-corrected chi connectivity index (χ4v) is 3.09. The summed E-state index contributed by atoms with van der Waals surface area (Å²) >= 11 is 1.50. The van der Waals surface area contributed by atoms with Crippen molar-refractivity contribution in [2.24, 2.45) is 0 Å². The largest absolute Gasteiger partial charge is 0.345 e. The molecule has 1 heterocycles. The molecule has 1 aliphatic rings. The van der Waals surface area contributed by atoms with Gasteiger partial charge in [0.05, 0.1) is 11.1 Å². The summed E-state index contributed by atoms with van der Waals surface area (Å²) < 4.78 is 0. The molecule has 0 amide bonds. The topological polar surface area (TPSA) is 33.2 Å². The van der Waals surface area contributed by atoms with Gasteiger partial charge in [-0.3, -0.25) is 4.79 Å². The second kappa shape index (κ2) is 4.75. The molecule has 0 unspecified atom stereocenters. The van der Waals surface area contributed by atoms with Gasteiger partial charge in [0, 0.05) is 12.6 Å². The van der Waals surface area contributed by atoms with E-state index in [2.05, 4.69) is 16.8 Å². The molecule has 1 aromatic rings. The number of aldehydes is 1. The fraction of sp³-hybridized carbons (Fsp3) is 0.636. The van der Waals surface area contributed by atoms with E-state index in [9.17, 15) is 4.79 Å². The van der Waals surface area contributed by atoms with E-state index in [-0.39, 0.29) is 0 Å². The third-order valence-corrected chi connectivity index (χ3v) is 3.94. The monoisotopic (exact) mass is 224 g/mol. The van der Waals surface area contributed by atoms with Crippen molar-refractivity contribution >= 4 is 22.8 Å². The van der Waals surface area contributed by atoms with E-state index >= 15 is 0 Å². The van der Waals surface area contributed by atoms with Crippen LogP contribution in [0.25, 0.3) is 0 Å². The van der Waals surface area contributed by atoms with Gasteiger partial charge in [-0.1, -0.05) is 24.2 Å². The minimum absolute atomic E-state index is 0.639. The third-order valence-electron chi connectivity index (χ3n) is 2.98. The molecule has 0 N–H and O–H groups in total. The van der Waals surface area contributed by atoms with Gasteiger partial charge in [0.15, 0.2) is 11.4 Å². The zero-order chi connectivity index (χ0) is 10.7. The minimum atomic E-state index is 0.639. The van der Waals surface area contributed by atoms with E-state index in [0.717, 1.165) is 22.8 Å². The predicted octanol–water partition coefficient (Wildman–Crippen LogP) is 2.72. The Morgan fingerprint density at radius 1 is 1.60 bits per heavy atom. The summed E-state index contributed by atoms with van der Waals surface area (Å²) in [4.78, 5) is 18.0. The molecule has 15 heavy (non-hydrogen) atoms. The van der Waals surface area contributed by atoms with Gasteiger partial charge in [0.2, 0.25) is 0 Å². The van der Waals surface area contributed by atoms with E-state index in [1.54, 1.807) is 6.20 Å². The van der Waals surface area contributed by atoms with E-state index in [1.807, 2.05) is 0 Å². The van der Waals surface area contributed by atoms with Gasteiger partial charge in [-0.2, -0.15) is 0 Å². The Balaban J connectivity index is 2.14. The van der Waals surface area contributed by atoms with Crippen LogP contribution < -0.4 is 4.90 Å². The maximum atomic E-state index is 10.6. The number of carbonyl (C=O) groups is 1. The van der Waals surface area contributed by atoms with Gasteiger partial charge in [0.1, 0.15) is 0 Å². The molecule has 0 aliphatic heterocycles. The van der Waals surface area contributed by atoms with Crippen LogP contribution in [-0.4, -0.2) is 23.9 Å². The molecule has 0 saturated heterocycles. The van der Waals surface area contributed by atoms with Crippen molar-refractivity contribution in [1.82, 2.24) is 4.98 Å². The molecular formula is C11H16N2OS. The SMILES string of the molecule is CCN(c1ncc(C=O)s1)C1CCCC1. The lowest BCUT2D eigenvalue weighted by Crippen LogP contribution is -2.32. The summed E-state index contributed by atoms with van der Waals surface area (Å²) in [5.41, 5.74) is 0. The molecule has 0 bridgehead atoms. The van der Waals surface area contributed by atoms with Gasteiger partial charge in [-0.05, 0) is 19.8 Å². The second-order valence-corrected chi connectivity index (χ2v) is 4.93. The number of nitrogens with zero attached hydrogens (tertiary/aromatic N) is 2. The second-order valence-electron chi connectivity index (χ2n) is 3.89. The first-order valence-corrected chi connectivity index (χ1v) is 6.34. The Morgan fingerprint density at radius 3 is 2.87 bits per heavy atom. The van der Waals surface area contributed by atoms with Gasteiger partial charge < -0.3 is 4.90 Å². The van der Waals surface area contributed by atoms with Crippen LogP contribution in [0.2, 0.25) is 0 Å². The average Bonchev–Trinajstić information content (AvgIpc) is 2.89. The van der Waals surface area contributed by atoms with E-state index in [4.69, 9.17) is 0 Å². The first-order valence-electron chi connectivity index (χ1n) is 5.52. The number of aromatic nitrogens is 1. The molecule has 1 aromatic heterocycles. The number of thiazole rings is 1. The molecule has 0 aromatic carbocycles. The van der Waals surface area contributed by atoms with Crippen LogP contribution in [0.1, 0.15) is 42.3 Å². The average molecular weight is 224 g/mol. The molecule has 0 radical (unpaired) electrons. The summed E-state index contributed by atoms with van der Waals surface area (Å²) in [7, 11) is 0. The van der Waals surface area contributed by atoms with Crippen LogP contribution in [0.4, 0.5) is 5.13 Å². The van der Waals surface area contributed by atoms with E-state index < -0.39 is 0 Å². The lowest BCUT2D eigenvalue weighted by molar-refractivity contribution is 0.112. The summed E-state index contributed by atoms with van der Waals surface area (Å²) in [6, 6.07) is 0.639. The van der Waals surface area contributed by atoms with Crippen LogP contribution in [0.15, 0.2) is 6.20 Å². The molecule has 1 saturated carbocycles. The number of hydrogen-bond acceptors (Lipinski definition) is 4. The molecule has 82 valence electrons. The summed E-state index contributed by atoms with van der Waals surface area (Å²) in [5.74, 6) is 0. The molecule has 4 heteroatoms. The van der Waals surface area contributed by atoms with Crippen molar-refractivity contribution in [3.05, 3.63) is 11.1 Å². The van der Waals surface area contributed by atoms with Crippen molar-refractivity contribution in [2.75, 3.05) is 11.4 Å². The van der Waals surface area contributed by atoms with Crippen molar-refractivity contribution < 1.29 is 4.79 Å². The van der Waals surface area contributed by atoms with Crippen molar-refractivity contribution in [2.45, 2.75) is 38.6 Å². The maximum absolute atomic E-state index is 10.6. The number of carbonyl (C=O) groups excluding carboxylic acids is 1. The van der Waals surface area contributed by atoms with E-state index in [0.29, 0.717) is 6.04 Å². The lowest BCUT2D eigenvalue weighted by Gasteiger charge is -2.26. The maximum Gasteiger partial charge on any atom is 0.186 e. The quantitative estimate of drug-likeness (QED) is 0.737. The van der Waals surface area contributed by atoms with Gasteiger partial charge in [-0.25, -0.2) is 4.98 Å². The number of hydrogen-bond donors (Lipinski definition) is 0. The Labute approximate surface area is 94.1 Å². The molecule has 0 atom stereocenters. The number of rotatable bonds is 4. The fourth-order valence-electron chi connectivity index (χ4n) is 2.23. The van der Waals surface area contributed by atoms with Crippen LogP contribution in [-0.2, 0) is 0 Å². The Kier molecular flexibility index (Phi) is 3.36. The summed E-state index contributed by atoms with van der Waals surface area (Å²) in [5, 5.41) is 1.01. The predicted molar refractivity (Wildman–Crippen MR) is 62.8 cm³/mol. The normalized spacial score (nSPS) is 16.9. The van der Waals surface area contributed by atoms with Crippen LogP contribution in [0.5, 0.6) is 0 Å². The Bertz CT molecular complexity index is 331. The first-order chi connectivity index (χ1) is 7.35. The zero-order valence-corrected chi connectivity index (χ0v) is 9.80. The smallest absolute Gasteiger partial charge is 0.186 e. The molecule has 0 spiro atoms. The Morgan fingerprint density at radius 2 is 2.33 bits per heavy atom. The molecule has 1 fully saturated rings. The van der Waals surface area contributed by atoms with Crippen molar-refractivity contribution in [3.8, 4) is 0 Å². The van der Waals surface area contributed by atoms with Crippen molar-refractivity contribution in [3.63, 3.8) is 0 Å². The number of anilines is 1. The van der Waals surface area contributed by atoms with Crippen LogP contribution in [0, 0.1) is 0 Å². The molecule has 2 rings (SSSR count). The van der Waals surface area contributed by atoms with Crippen molar-refractivity contribution in [1.29, 1.82) is 0 Å². The zero-order valence-electron chi connectivity index (χ0n) is 8.98. The molecular weight excluding hydrogens is 208 g/mol. The van der Waals surface area contributed by atoms with Crippen LogP contribution >= 0.6 is 11.3 Å². The highest BCUT2D eigenvalue weighted by atomic mass is 32.1. The van der Waals surface area contributed by atoms with Gasteiger partial charge in [-0.15, -0.1) is 0 Å². The Hall–Kier alpha value is -0.900.